The zero-order valence-electron chi connectivity index (χ0n) is 12.1. The predicted molar refractivity (Wildman–Crippen MR) is 90.9 cm³/mol. The first-order valence-corrected chi connectivity index (χ1v) is 9.10. The molecule has 0 bridgehead atoms. The summed E-state index contributed by atoms with van der Waals surface area (Å²) < 4.78 is 2.97. The van der Waals surface area contributed by atoms with Crippen molar-refractivity contribution in [1.82, 2.24) is 24.7 Å². The first-order chi connectivity index (χ1) is 10.8. The standard InChI is InChI=1S/C15H16BrN5S/c16-12-6-4-11(5-7-12)14-19-21-13(17-18-15(21)22-14)10-20-8-2-1-3-9-20/h4-7H,1-3,8-10H2. The molecule has 0 N–H and O–H groups in total. The van der Waals surface area contributed by atoms with E-state index in [1.165, 1.54) is 19.3 Å². The Bertz CT molecular complexity index is 773. The van der Waals surface area contributed by atoms with Gasteiger partial charge < -0.3 is 0 Å². The second-order valence-electron chi connectivity index (χ2n) is 5.56. The molecule has 1 aliphatic rings. The summed E-state index contributed by atoms with van der Waals surface area (Å²) in [6, 6.07) is 8.21. The van der Waals surface area contributed by atoms with Crippen molar-refractivity contribution >= 4 is 32.2 Å². The number of likely N-dealkylation sites (tertiary alicyclic amines) is 1. The minimum atomic E-state index is 0.838. The highest BCUT2D eigenvalue weighted by Gasteiger charge is 2.17. The summed E-state index contributed by atoms with van der Waals surface area (Å²) >= 11 is 5.05. The minimum Gasteiger partial charge on any atom is -0.296 e. The Labute approximate surface area is 141 Å². The maximum atomic E-state index is 4.71. The lowest BCUT2D eigenvalue weighted by molar-refractivity contribution is 0.214. The highest BCUT2D eigenvalue weighted by Crippen LogP contribution is 2.27. The van der Waals surface area contributed by atoms with Gasteiger partial charge in [0.1, 0.15) is 5.01 Å². The lowest BCUT2D eigenvalue weighted by atomic mass is 10.1. The van der Waals surface area contributed by atoms with E-state index in [0.717, 1.165) is 45.5 Å². The van der Waals surface area contributed by atoms with Crippen molar-refractivity contribution in [2.45, 2.75) is 25.8 Å². The molecule has 2 aromatic heterocycles. The van der Waals surface area contributed by atoms with Gasteiger partial charge in [-0.15, -0.1) is 10.2 Å². The Balaban J connectivity index is 1.62. The molecule has 3 aromatic rings. The van der Waals surface area contributed by atoms with Gasteiger partial charge in [0.05, 0.1) is 6.54 Å². The smallest absolute Gasteiger partial charge is 0.235 e. The maximum Gasteiger partial charge on any atom is 0.235 e. The Hall–Kier alpha value is -1.31. The van der Waals surface area contributed by atoms with Crippen molar-refractivity contribution in [3.8, 4) is 10.6 Å². The molecule has 3 heterocycles. The van der Waals surface area contributed by atoms with Crippen LogP contribution in [0, 0.1) is 0 Å². The molecular weight excluding hydrogens is 362 g/mol. The van der Waals surface area contributed by atoms with E-state index in [1.54, 1.807) is 11.3 Å². The molecule has 0 spiro atoms. The Morgan fingerprint density at radius 1 is 1.05 bits per heavy atom. The van der Waals surface area contributed by atoms with Gasteiger partial charge >= 0.3 is 0 Å². The lowest BCUT2D eigenvalue weighted by Crippen LogP contribution is -2.30. The van der Waals surface area contributed by atoms with Gasteiger partial charge in [-0.25, -0.2) is 0 Å². The number of nitrogens with zero attached hydrogens (tertiary/aromatic N) is 5. The zero-order chi connectivity index (χ0) is 14.9. The number of hydrogen-bond donors (Lipinski definition) is 0. The number of rotatable bonds is 3. The maximum absolute atomic E-state index is 4.71. The van der Waals surface area contributed by atoms with Gasteiger partial charge in [0.15, 0.2) is 5.82 Å². The molecule has 114 valence electrons. The Morgan fingerprint density at radius 3 is 2.59 bits per heavy atom. The monoisotopic (exact) mass is 377 g/mol. The van der Waals surface area contributed by atoms with Crippen LogP contribution in [0.25, 0.3) is 15.5 Å². The van der Waals surface area contributed by atoms with Crippen molar-refractivity contribution in [2.24, 2.45) is 0 Å². The predicted octanol–water partition coefficient (Wildman–Crippen LogP) is 3.60. The zero-order valence-corrected chi connectivity index (χ0v) is 14.5. The number of aromatic nitrogens is 4. The van der Waals surface area contributed by atoms with E-state index in [-0.39, 0.29) is 0 Å². The van der Waals surface area contributed by atoms with Crippen LogP contribution in [0.3, 0.4) is 0 Å². The highest BCUT2D eigenvalue weighted by molar-refractivity contribution is 9.10. The molecule has 0 atom stereocenters. The van der Waals surface area contributed by atoms with Gasteiger partial charge in [-0.1, -0.05) is 45.8 Å². The number of fused-ring (bicyclic) bond motifs is 1. The molecular formula is C15H16BrN5S. The summed E-state index contributed by atoms with van der Waals surface area (Å²) in [5.74, 6) is 0.941. The second-order valence-corrected chi connectivity index (χ2v) is 7.43. The van der Waals surface area contributed by atoms with Crippen molar-refractivity contribution in [2.75, 3.05) is 13.1 Å². The third-order valence-corrected chi connectivity index (χ3v) is 5.44. The third-order valence-electron chi connectivity index (χ3n) is 3.96. The fourth-order valence-corrected chi connectivity index (χ4v) is 3.91. The summed E-state index contributed by atoms with van der Waals surface area (Å²) in [6.07, 6.45) is 3.91. The molecule has 0 saturated carbocycles. The van der Waals surface area contributed by atoms with E-state index in [4.69, 9.17) is 5.10 Å². The average Bonchev–Trinajstić information content (AvgIpc) is 3.11. The topological polar surface area (TPSA) is 46.3 Å². The van der Waals surface area contributed by atoms with E-state index < -0.39 is 0 Å². The van der Waals surface area contributed by atoms with Crippen LogP contribution in [0.4, 0.5) is 0 Å². The van der Waals surface area contributed by atoms with Crippen molar-refractivity contribution in [1.29, 1.82) is 0 Å². The van der Waals surface area contributed by atoms with Crippen molar-refractivity contribution in [3.63, 3.8) is 0 Å². The fraction of sp³-hybridized carbons (Fsp3) is 0.400. The molecule has 1 aromatic carbocycles. The van der Waals surface area contributed by atoms with Gasteiger partial charge in [-0.3, -0.25) is 4.90 Å². The van der Waals surface area contributed by atoms with Crippen LogP contribution in [-0.4, -0.2) is 37.8 Å². The van der Waals surface area contributed by atoms with Gasteiger partial charge in [-0.05, 0) is 38.1 Å². The Kier molecular flexibility index (Phi) is 3.94. The van der Waals surface area contributed by atoms with Crippen LogP contribution in [0.2, 0.25) is 0 Å². The summed E-state index contributed by atoms with van der Waals surface area (Å²) in [4.78, 5) is 3.31. The number of halogens is 1. The average molecular weight is 378 g/mol. The normalized spacial score (nSPS) is 16.4. The minimum absolute atomic E-state index is 0.838. The van der Waals surface area contributed by atoms with Crippen LogP contribution >= 0.6 is 27.3 Å². The summed E-state index contributed by atoms with van der Waals surface area (Å²) in [7, 11) is 0. The lowest BCUT2D eigenvalue weighted by Gasteiger charge is -2.25. The van der Waals surface area contributed by atoms with Crippen LogP contribution in [-0.2, 0) is 6.54 Å². The molecule has 22 heavy (non-hydrogen) atoms. The fourth-order valence-electron chi connectivity index (χ4n) is 2.78. The number of benzene rings is 1. The van der Waals surface area contributed by atoms with Crippen LogP contribution < -0.4 is 0 Å². The summed E-state index contributed by atoms with van der Waals surface area (Å²) in [6.45, 7) is 3.14. The third kappa shape index (κ3) is 2.80. The largest absolute Gasteiger partial charge is 0.296 e. The van der Waals surface area contributed by atoms with E-state index in [1.807, 2.05) is 16.6 Å². The van der Waals surface area contributed by atoms with Gasteiger partial charge in [0, 0.05) is 10.0 Å². The number of piperidine rings is 1. The van der Waals surface area contributed by atoms with Gasteiger partial charge in [-0.2, -0.15) is 9.61 Å². The Morgan fingerprint density at radius 2 is 1.82 bits per heavy atom. The van der Waals surface area contributed by atoms with Crippen LogP contribution in [0.15, 0.2) is 28.7 Å². The van der Waals surface area contributed by atoms with Gasteiger partial charge in [0.25, 0.3) is 0 Å². The van der Waals surface area contributed by atoms with Gasteiger partial charge in [0.2, 0.25) is 4.96 Å². The highest BCUT2D eigenvalue weighted by atomic mass is 79.9. The SMILES string of the molecule is Brc1ccc(-c2nn3c(CN4CCCCC4)nnc3s2)cc1. The van der Waals surface area contributed by atoms with E-state index >= 15 is 0 Å². The number of hydrogen-bond acceptors (Lipinski definition) is 5. The molecule has 0 unspecified atom stereocenters. The molecule has 7 heteroatoms. The quantitative estimate of drug-likeness (QED) is 0.699. The van der Waals surface area contributed by atoms with E-state index in [2.05, 4.69) is 43.2 Å². The van der Waals surface area contributed by atoms with Crippen molar-refractivity contribution < 1.29 is 0 Å². The summed E-state index contributed by atoms with van der Waals surface area (Å²) in [5, 5.41) is 14.3. The van der Waals surface area contributed by atoms with Crippen molar-refractivity contribution in [3.05, 3.63) is 34.6 Å². The first-order valence-electron chi connectivity index (χ1n) is 7.49. The molecule has 0 aliphatic carbocycles. The molecule has 0 radical (unpaired) electrons. The summed E-state index contributed by atoms with van der Waals surface area (Å²) in [5.41, 5.74) is 1.11. The molecule has 1 saturated heterocycles. The van der Waals surface area contributed by atoms with Crippen LogP contribution in [0.1, 0.15) is 25.1 Å². The molecule has 1 fully saturated rings. The second kappa shape index (κ2) is 6.06. The molecule has 5 nitrogen and oxygen atoms in total. The van der Waals surface area contributed by atoms with Crippen LogP contribution in [0.5, 0.6) is 0 Å². The van der Waals surface area contributed by atoms with E-state index in [9.17, 15) is 0 Å². The first kappa shape index (κ1) is 14.3. The molecule has 0 amide bonds. The molecule has 1 aliphatic heterocycles. The van der Waals surface area contributed by atoms with E-state index in [0.29, 0.717) is 0 Å². The molecule has 4 rings (SSSR count).